The summed E-state index contributed by atoms with van der Waals surface area (Å²) in [7, 11) is 0. The third-order valence-electron chi connectivity index (χ3n) is 2.55. The molecule has 0 amide bonds. The predicted octanol–water partition coefficient (Wildman–Crippen LogP) is 4.74. The lowest BCUT2D eigenvalue weighted by Gasteiger charge is -2.12. The fourth-order valence-corrected chi connectivity index (χ4v) is 1.97. The van der Waals surface area contributed by atoms with Crippen molar-refractivity contribution in [3.05, 3.63) is 58.6 Å². The Morgan fingerprint density at radius 1 is 1.00 bits per heavy atom. The van der Waals surface area contributed by atoms with E-state index in [4.69, 9.17) is 23.8 Å². The topological polar surface area (TPSA) is 24.1 Å². The van der Waals surface area contributed by atoms with Crippen LogP contribution in [-0.4, -0.2) is 5.11 Å². The zero-order chi connectivity index (χ0) is 14.7. The monoisotopic (exact) mass is 312 g/mol. The first-order valence-electron chi connectivity index (χ1n) is 5.75. The van der Waals surface area contributed by atoms with Crippen LogP contribution < -0.4 is 10.6 Å². The fourth-order valence-electron chi connectivity index (χ4n) is 1.59. The van der Waals surface area contributed by atoms with Gasteiger partial charge in [-0.1, -0.05) is 17.7 Å². The van der Waals surface area contributed by atoms with Gasteiger partial charge in [0.15, 0.2) is 5.11 Å². The lowest BCUT2D eigenvalue weighted by atomic mass is 10.2. The van der Waals surface area contributed by atoms with Gasteiger partial charge in [-0.15, -0.1) is 0 Å². The lowest BCUT2D eigenvalue weighted by Crippen LogP contribution is -2.20. The van der Waals surface area contributed by atoms with Crippen LogP contribution in [0.25, 0.3) is 0 Å². The van der Waals surface area contributed by atoms with Crippen molar-refractivity contribution in [1.29, 1.82) is 0 Å². The average Bonchev–Trinajstić information content (AvgIpc) is 2.36. The maximum atomic E-state index is 13.6. The van der Waals surface area contributed by atoms with Crippen LogP contribution in [0.3, 0.4) is 0 Å². The number of hydrogen-bond donors (Lipinski definition) is 2. The summed E-state index contributed by atoms with van der Waals surface area (Å²) in [6.45, 7) is 1.78. The second-order valence-electron chi connectivity index (χ2n) is 4.19. The molecule has 0 saturated heterocycles. The van der Waals surface area contributed by atoms with E-state index in [1.165, 1.54) is 24.3 Å². The molecule has 2 aromatic carbocycles. The molecule has 2 N–H and O–H groups in total. The van der Waals surface area contributed by atoms with Crippen molar-refractivity contribution < 1.29 is 8.78 Å². The molecule has 2 nitrogen and oxygen atoms in total. The molecule has 2 aromatic rings. The van der Waals surface area contributed by atoms with Crippen molar-refractivity contribution in [2.24, 2.45) is 0 Å². The van der Waals surface area contributed by atoms with Crippen LogP contribution in [-0.2, 0) is 0 Å². The van der Waals surface area contributed by atoms with Crippen molar-refractivity contribution >= 4 is 40.3 Å². The maximum absolute atomic E-state index is 13.6. The van der Waals surface area contributed by atoms with E-state index in [9.17, 15) is 8.78 Å². The minimum Gasteiger partial charge on any atom is -0.330 e. The van der Waals surface area contributed by atoms with Gasteiger partial charge in [-0.25, -0.2) is 8.78 Å². The van der Waals surface area contributed by atoms with Gasteiger partial charge >= 0.3 is 0 Å². The van der Waals surface area contributed by atoms with Gasteiger partial charge in [0.25, 0.3) is 0 Å². The quantitative estimate of drug-likeness (QED) is 0.784. The summed E-state index contributed by atoms with van der Waals surface area (Å²) in [6, 6.07) is 8.85. The molecule has 0 saturated carbocycles. The summed E-state index contributed by atoms with van der Waals surface area (Å²) in [5, 5.41) is 5.70. The standard InChI is InChI=1S/C14H11ClF2N2S/c1-8-2-4-12(10(16)6-8)18-14(20)19-13-5-3-9(15)7-11(13)17/h2-7H,1H3,(H2,18,19,20). The molecule has 0 atom stereocenters. The lowest BCUT2D eigenvalue weighted by molar-refractivity contribution is 0.631. The van der Waals surface area contributed by atoms with E-state index in [0.29, 0.717) is 0 Å². The summed E-state index contributed by atoms with van der Waals surface area (Å²) in [5.74, 6) is -0.961. The first kappa shape index (κ1) is 14.7. The van der Waals surface area contributed by atoms with Gasteiger partial charge in [0.2, 0.25) is 0 Å². The number of hydrogen-bond acceptors (Lipinski definition) is 1. The van der Waals surface area contributed by atoms with Crippen LogP contribution in [0.1, 0.15) is 5.56 Å². The van der Waals surface area contributed by atoms with Gasteiger partial charge in [-0.05, 0) is 55.0 Å². The van der Waals surface area contributed by atoms with Gasteiger partial charge in [0.1, 0.15) is 11.6 Å². The second kappa shape index (κ2) is 6.15. The second-order valence-corrected chi connectivity index (χ2v) is 5.03. The van der Waals surface area contributed by atoms with Gasteiger partial charge < -0.3 is 10.6 Å². The molecule has 0 fully saturated rings. The van der Waals surface area contributed by atoms with Crippen molar-refractivity contribution in [2.75, 3.05) is 10.6 Å². The summed E-state index contributed by atoms with van der Waals surface area (Å²) < 4.78 is 27.2. The minimum absolute atomic E-state index is 0.0916. The molecule has 6 heteroatoms. The maximum Gasteiger partial charge on any atom is 0.175 e. The van der Waals surface area contributed by atoms with Crippen molar-refractivity contribution in [1.82, 2.24) is 0 Å². The highest BCUT2D eigenvalue weighted by Gasteiger charge is 2.07. The van der Waals surface area contributed by atoms with Crippen LogP contribution in [0.5, 0.6) is 0 Å². The number of benzene rings is 2. The number of aryl methyl sites for hydroxylation is 1. The van der Waals surface area contributed by atoms with Gasteiger partial charge in [-0.3, -0.25) is 0 Å². The summed E-state index contributed by atoms with van der Waals surface area (Å²) in [6.07, 6.45) is 0. The minimum atomic E-state index is -0.536. The highest BCUT2D eigenvalue weighted by molar-refractivity contribution is 7.80. The first-order valence-corrected chi connectivity index (χ1v) is 6.53. The summed E-state index contributed by atoms with van der Waals surface area (Å²) in [5.41, 5.74) is 1.19. The molecule has 0 spiro atoms. The number of anilines is 2. The highest BCUT2D eigenvalue weighted by Crippen LogP contribution is 2.20. The highest BCUT2D eigenvalue weighted by atomic mass is 35.5. The Labute approximate surface area is 125 Å². The molecule has 0 radical (unpaired) electrons. The normalized spacial score (nSPS) is 10.2. The van der Waals surface area contributed by atoms with Crippen molar-refractivity contribution in [3.63, 3.8) is 0 Å². The third-order valence-corrected chi connectivity index (χ3v) is 2.99. The van der Waals surface area contributed by atoms with E-state index in [1.807, 2.05) is 0 Å². The van der Waals surface area contributed by atoms with E-state index >= 15 is 0 Å². The van der Waals surface area contributed by atoms with Crippen LogP contribution in [0.15, 0.2) is 36.4 Å². The Kier molecular flexibility index (Phi) is 4.52. The molecule has 0 aliphatic carbocycles. The molecule has 0 heterocycles. The Morgan fingerprint density at radius 3 is 2.10 bits per heavy atom. The van der Waals surface area contributed by atoms with Gasteiger partial charge in [0, 0.05) is 5.02 Å². The van der Waals surface area contributed by atoms with Crippen LogP contribution in [0.2, 0.25) is 5.02 Å². The van der Waals surface area contributed by atoms with Gasteiger partial charge in [-0.2, -0.15) is 0 Å². The van der Waals surface area contributed by atoms with Crippen molar-refractivity contribution in [3.8, 4) is 0 Å². The number of rotatable bonds is 2. The van der Waals surface area contributed by atoms with E-state index < -0.39 is 11.6 Å². The molecule has 0 aliphatic rings. The van der Waals surface area contributed by atoms with Gasteiger partial charge in [0.05, 0.1) is 11.4 Å². The Morgan fingerprint density at radius 2 is 1.55 bits per heavy atom. The number of thiocarbonyl (C=S) groups is 1. The van der Waals surface area contributed by atoms with Crippen LogP contribution >= 0.6 is 23.8 Å². The van der Waals surface area contributed by atoms with E-state index in [-0.39, 0.29) is 21.5 Å². The zero-order valence-electron chi connectivity index (χ0n) is 10.5. The molecule has 0 aromatic heterocycles. The molecular weight excluding hydrogens is 302 g/mol. The van der Waals surface area contributed by atoms with E-state index in [2.05, 4.69) is 10.6 Å². The van der Waals surface area contributed by atoms with E-state index in [1.54, 1.807) is 19.1 Å². The third kappa shape index (κ3) is 3.65. The van der Waals surface area contributed by atoms with Crippen LogP contribution in [0.4, 0.5) is 20.2 Å². The molecule has 0 bridgehead atoms. The Hall–Kier alpha value is -1.72. The Bertz CT molecular complexity index is 606. The Balaban J connectivity index is 2.09. The number of nitrogens with one attached hydrogen (secondary N) is 2. The largest absolute Gasteiger partial charge is 0.330 e. The molecule has 104 valence electrons. The predicted molar refractivity (Wildman–Crippen MR) is 82.4 cm³/mol. The average molecular weight is 313 g/mol. The van der Waals surface area contributed by atoms with Crippen molar-refractivity contribution in [2.45, 2.75) is 6.92 Å². The summed E-state index contributed by atoms with van der Waals surface area (Å²) in [4.78, 5) is 0. The van der Waals surface area contributed by atoms with Crippen LogP contribution in [0, 0.1) is 18.6 Å². The molecule has 2 rings (SSSR count). The molecule has 0 aliphatic heterocycles. The SMILES string of the molecule is Cc1ccc(NC(=S)Nc2ccc(Cl)cc2F)c(F)c1. The molecule has 20 heavy (non-hydrogen) atoms. The first-order chi connectivity index (χ1) is 9.45. The number of halogens is 3. The smallest absolute Gasteiger partial charge is 0.175 e. The van der Waals surface area contributed by atoms with E-state index in [0.717, 1.165) is 5.56 Å². The molecular formula is C14H11ClF2N2S. The zero-order valence-corrected chi connectivity index (χ0v) is 12.1. The fraction of sp³-hybridized carbons (Fsp3) is 0.0714. The summed E-state index contributed by atoms with van der Waals surface area (Å²) >= 11 is 10.7. The molecule has 0 unspecified atom stereocenters.